The molecular weight excluding hydrogens is 346 g/mol. The third-order valence-corrected chi connectivity index (χ3v) is 3.66. The predicted molar refractivity (Wildman–Crippen MR) is 91.1 cm³/mol. The first-order chi connectivity index (χ1) is 12.2. The molecule has 1 heterocycles. The van der Waals surface area contributed by atoms with Crippen LogP contribution < -0.4 is 10.1 Å². The Morgan fingerprint density at radius 1 is 1.27 bits per heavy atom. The summed E-state index contributed by atoms with van der Waals surface area (Å²) in [6.45, 7) is 3.39. The van der Waals surface area contributed by atoms with Crippen molar-refractivity contribution >= 4 is 23.1 Å². The number of methoxy groups -OCH3 is 1. The Balaban J connectivity index is 2.13. The van der Waals surface area contributed by atoms with Crippen LogP contribution in [0.4, 0.5) is 17.2 Å². The minimum Gasteiger partial charge on any atom is -0.496 e. The van der Waals surface area contributed by atoms with Crippen molar-refractivity contribution in [2.45, 2.75) is 20.4 Å². The van der Waals surface area contributed by atoms with Gasteiger partial charge < -0.3 is 20.2 Å². The third-order valence-electron chi connectivity index (χ3n) is 3.66. The number of ether oxygens (including phenoxy) is 1. The van der Waals surface area contributed by atoms with Gasteiger partial charge in [0.1, 0.15) is 5.75 Å². The second-order valence-electron chi connectivity index (χ2n) is 5.65. The van der Waals surface area contributed by atoms with Crippen LogP contribution in [0.2, 0.25) is 0 Å². The maximum atomic E-state index is 12.4. The standard InChI is InChI=1S/C15H17N5O6/c1-9(8-18-10(2)4-14(17-18)20(24)25)15(21)16-11-5-12(19(22)23)7-13(6-11)26-3/h4-7,9H,8H2,1-3H3,(H,16,21). The molecule has 0 aliphatic rings. The minimum atomic E-state index is -0.608. The molecule has 0 saturated heterocycles. The van der Waals surface area contributed by atoms with Gasteiger partial charge >= 0.3 is 5.82 Å². The molecule has 0 fully saturated rings. The van der Waals surface area contributed by atoms with Crippen LogP contribution in [-0.2, 0) is 11.3 Å². The molecule has 1 aromatic carbocycles. The highest BCUT2D eigenvalue weighted by Crippen LogP contribution is 2.26. The fourth-order valence-corrected chi connectivity index (χ4v) is 2.25. The second kappa shape index (κ2) is 7.59. The summed E-state index contributed by atoms with van der Waals surface area (Å²) >= 11 is 0. The van der Waals surface area contributed by atoms with Gasteiger partial charge in [-0.2, -0.15) is 4.68 Å². The molecule has 0 aliphatic heterocycles. The van der Waals surface area contributed by atoms with Crippen molar-refractivity contribution in [3.63, 3.8) is 0 Å². The Labute approximate surface area is 147 Å². The molecule has 11 nitrogen and oxygen atoms in total. The average Bonchev–Trinajstić information content (AvgIpc) is 2.95. The van der Waals surface area contributed by atoms with E-state index >= 15 is 0 Å². The molecule has 138 valence electrons. The van der Waals surface area contributed by atoms with Gasteiger partial charge in [0.05, 0.1) is 53.1 Å². The van der Waals surface area contributed by atoms with Crippen LogP contribution in [0.25, 0.3) is 0 Å². The van der Waals surface area contributed by atoms with Gasteiger partial charge in [-0.25, -0.2) is 0 Å². The molecule has 26 heavy (non-hydrogen) atoms. The van der Waals surface area contributed by atoms with Crippen LogP contribution in [0, 0.1) is 33.1 Å². The van der Waals surface area contributed by atoms with E-state index in [9.17, 15) is 25.0 Å². The highest BCUT2D eigenvalue weighted by molar-refractivity contribution is 5.92. The molecule has 1 amide bonds. The zero-order valence-corrected chi connectivity index (χ0v) is 14.3. The first-order valence-electron chi connectivity index (χ1n) is 7.54. The van der Waals surface area contributed by atoms with Crippen molar-refractivity contribution in [1.82, 2.24) is 9.78 Å². The first kappa shape index (κ1) is 18.8. The van der Waals surface area contributed by atoms with E-state index in [2.05, 4.69) is 10.4 Å². The number of amides is 1. The highest BCUT2D eigenvalue weighted by atomic mass is 16.6. The number of anilines is 1. The maximum Gasteiger partial charge on any atom is 0.390 e. The van der Waals surface area contributed by atoms with Crippen LogP contribution in [0.15, 0.2) is 24.3 Å². The lowest BCUT2D eigenvalue weighted by Gasteiger charge is -2.12. The number of nitro benzene ring substituents is 1. The Hall–Kier alpha value is -3.50. The highest BCUT2D eigenvalue weighted by Gasteiger charge is 2.21. The van der Waals surface area contributed by atoms with Crippen LogP contribution in [0.5, 0.6) is 5.75 Å². The summed E-state index contributed by atoms with van der Waals surface area (Å²) in [4.78, 5) is 32.9. The van der Waals surface area contributed by atoms with E-state index in [4.69, 9.17) is 4.74 Å². The lowest BCUT2D eigenvalue weighted by molar-refractivity contribution is -0.389. The number of non-ortho nitro benzene ring substituents is 1. The minimum absolute atomic E-state index is 0.123. The molecule has 0 spiro atoms. The largest absolute Gasteiger partial charge is 0.496 e. The number of benzene rings is 1. The van der Waals surface area contributed by atoms with Crippen molar-refractivity contribution in [3.05, 3.63) is 50.2 Å². The van der Waals surface area contributed by atoms with E-state index in [0.717, 1.165) is 0 Å². The monoisotopic (exact) mass is 363 g/mol. The number of aryl methyl sites for hydroxylation is 1. The smallest absolute Gasteiger partial charge is 0.390 e. The van der Waals surface area contributed by atoms with Gasteiger partial charge in [-0.3, -0.25) is 14.9 Å². The molecule has 11 heteroatoms. The zero-order chi connectivity index (χ0) is 19.4. The summed E-state index contributed by atoms with van der Waals surface area (Å²) in [6, 6.07) is 5.24. The normalized spacial score (nSPS) is 11.7. The SMILES string of the molecule is COc1cc(NC(=O)C(C)Cn2nc([N+](=O)[O-])cc2C)cc([N+](=O)[O-])c1. The van der Waals surface area contributed by atoms with Gasteiger partial charge in [0, 0.05) is 12.1 Å². The van der Waals surface area contributed by atoms with Gasteiger partial charge in [-0.1, -0.05) is 6.92 Å². The third kappa shape index (κ3) is 4.32. The van der Waals surface area contributed by atoms with E-state index in [1.54, 1.807) is 13.8 Å². The molecule has 1 aromatic heterocycles. The molecule has 1 N–H and O–H groups in total. The van der Waals surface area contributed by atoms with Crippen molar-refractivity contribution in [1.29, 1.82) is 0 Å². The Kier molecular flexibility index (Phi) is 5.50. The van der Waals surface area contributed by atoms with Gasteiger partial charge in [-0.15, -0.1) is 0 Å². The maximum absolute atomic E-state index is 12.4. The van der Waals surface area contributed by atoms with Crippen molar-refractivity contribution in [3.8, 4) is 5.75 Å². The van der Waals surface area contributed by atoms with E-state index in [-0.39, 0.29) is 29.5 Å². The van der Waals surface area contributed by atoms with Crippen LogP contribution in [0.3, 0.4) is 0 Å². The van der Waals surface area contributed by atoms with E-state index in [0.29, 0.717) is 5.69 Å². The summed E-state index contributed by atoms with van der Waals surface area (Å²) in [6.07, 6.45) is 0. The summed E-state index contributed by atoms with van der Waals surface area (Å²) < 4.78 is 6.36. The molecular formula is C15H17N5O6. The van der Waals surface area contributed by atoms with Gasteiger partial charge in [0.15, 0.2) is 0 Å². The number of nitrogens with one attached hydrogen (secondary N) is 1. The van der Waals surface area contributed by atoms with Crippen LogP contribution in [-0.4, -0.2) is 32.6 Å². The Morgan fingerprint density at radius 2 is 1.96 bits per heavy atom. The van der Waals surface area contributed by atoms with Crippen molar-refractivity contribution in [2.24, 2.45) is 5.92 Å². The van der Waals surface area contributed by atoms with Gasteiger partial charge in [0.2, 0.25) is 5.91 Å². The molecule has 1 unspecified atom stereocenters. The van der Waals surface area contributed by atoms with Gasteiger partial charge in [0.25, 0.3) is 5.69 Å². The molecule has 0 radical (unpaired) electrons. The summed E-state index contributed by atoms with van der Waals surface area (Å²) in [5.74, 6) is -1.05. The number of rotatable bonds is 7. The fraction of sp³-hybridized carbons (Fsp3) is 0.333. The lowest BCUT2D eigenvalue weighted by atomic mass is 10.1. The molecule has 0 bridgehead atoms. The van der Waals surface area contributed by atoms with E-state index in [1.807, 2.05) is 0 Å². The number of carbonyl (C=O) groups is 1. The molecule has 2 aromatic rings. The summed E-state index contributed by atoms with van der Waals surface area (Å²) in [5, 5.41) is 28.1. The molecule has 0 aliphatic carbocycles. The van der Waals surface area contributed by atoms with Crippen LogP contribution in [0.1, 0.15) is 12.6 Å². The lowest BCUT2D eigenvalue weighted by Crippen LogP contribution is -2.25. The number of hydrogen-bond donors (Lipinski definition) is 1. The van der Waals surface area contributed by atoms with Crippen molar-refractivity contribution in [2.75, 3.05) is 12.4 Å². The molecule has 1 atom stereocenters. The summed E-state index contributed by atoms with van der Waals surface area (Å²) in [7, 11) is 1.36. The number of nitrogens with zero attached hydrogens (tertiary/aromatic N) is 4. The Bertz CT molecular complexity index is 862. The molecule has 2 rings (SSSR count). The second-order valence-corrected chi connectivity index (χ2v) is 5.65. The number of hydrogen-bond acceptors (Lipinski definition) is 7. The summed E-state index contributed by atoms with van der Waals surface area (Å²) in [5.41, 5.74) is 0.551. The quantitative estimate of drug-likeness (QED) is 0.587. The zero-order valence-electron chi connectivity index (χ0n) is 14.3. The predicted octanol–water partition coefficient (Wildman–Crippen LogP) is 2.29. The fourth-order valence-electron chi connectivity index (χ4n) is 2.25. The van der Waals surface area contributed by atoms with E-state index in [1.165, 1.54) is 36.1 Å². The van der Waals surface area contributed by atoms with E-state index < -0.39 is 21.7 Å². The topological polar surface area (TPSA) is 142 Å². The first-order valence-corrected chi connectivity index (χ1v) is 7.54. The van der Waals surface area contributed by atoms with Crippen LogP contribution >= 0.6 is 0 Å². The Morgan fingerprint density at radius 3 is 2.50 bits per heavy atom. The average molecular weight is 363 g/mol. The van der Waals surface area contributed by atoms with Crippen molar-refractivity contribution < 1.29 is 19.4 Å². The number of nitro groups is 2. The van der Waals surface area contributed by atoms with Gasteiger partial charge in [-0.05, 0) is 11.8 Å². The number of aromatic nitrogens is 2. The molecule has 0 saturated carbocycles. The number of carbonyl (C=O) groups excluding carboxylic acids is 1.